The van der Waals surface area contributed by atoms with Gasteiger partial charge in [-0.3, -0.25) is 4.98 Å². The van der Waals surface area contributed by atoms with Crippen molar-refractivity contribution >= 4 is 0 Å². The van der Waals surface area contributed by atoms with Crippen LogP contribution in [0.4, 0.5) is 4.39 Å². The van der Waals surface area contributed by atoms with Gasteiger partial charge >= 0.3 is 0 Å². The van der Waals surface area contributed by atoms with Gasteiger partial charge in [-0.1, -0.05) is 5.21 Å². The maximum absolute atomic E-state index is 12.8. The maximum atomic E-state index is 12.8. The van der Waals surface area contributed by atoms with Crippen LogP contribution in [0.25, 0.3) is 5.69 Å². The van der Waals surface area contributed by atoms with Crippen molar-refractivity contribution in [2.75, 3.05) is 0 Å². The molecule has 0 saturated heterocycles. The Kier molecular flexibility index (Phi) is 2.19. The first-order chi connectivity index (χ1) is 6.79. The molecule has 2 aromatic rings. The molecule has 0 spiro atoms. The number of nitrogens with zero attached hydrogens (tertiary/aromatic N) is 4. The lowest BCUT2D eigenvalue weighted by Crippen LogP contribution is -1.96. The van der Waals surface area contributed by atoms with Gasteiger partial charge in [-0.05, 0) is 0 Å². The molecule has 0 radical (unpaired) electrons. The lowest BCUT2D eigenvalue weighted by atomic mass is 10.4. The Bertz CT molecular complexity index is 442. The number of aliphatic hydroxyl groups excluding tert-OH is 1. The predicted molar refractivity (Wildman–Crippen MR) is 45.0 cm³/mol. The number of hydrogen-bond donors (Lipinski definition) is 1. The van der Waals surface area contributed by atoms with E-state index in [2.05, 4.69) is 15.3 Å². The van der Waals surface area contributed by atoms with Gasteiger partial charge in [-0.2, -0.15) is 0 Å². The molecule has 0 aliphatic heterocycles. The summed E-state index contributed by atoms with van der Waals surface area (Å²) in [5.41, 5.74) is 0.895. The van der Waals surface area contributed by atoms with Crippen molar-refractivity contribution in [2.24, 2.45) is 0 Å². The summed E-state index contributed by atoms with van der Waals surface area (Å²) in [5, 5.41) is 16.1. The number of aromatic nitrogens is 4. The second-order valence-corrected chi connectivity index (χ2v) is 2.67. The molecule has 14 heavy (non-hydrogen) atoms. The van der Waals surface area contributed by atoms with Crippen LogP contribution in [0.5, 0.6) is 0 Å². The molecular formula is C8H7FN4O. The highest BCUT2D eigenvalue weighted by Gasteiger charge is 2.02. The monoisotopic (exact) mass is 194 g/mol. The van der Waals surface area contributed by atoms with Gasteiger partial charge in [-0.25, -0.2) is 9.07 Å². The fraction of sp³-hybridized carbons (Fsp3) is 0.125. The Hall–Kier alpha value is -1.82. The van der Waals surface area contributed by atoms with E-state index < -0.39 is 5.82 Å². The predicted octanol–water partition coefficient (Wildman–Crippen LogP) is 0.294. The average Bonchev–Trinajstić information content (AvgIpc) is 2.66. The number of halogens is 1. The fourth-order valence-electron chi connectivity index (χ4n) is 1.02. The van der Waals surface area contributed by atoms with Gasteiger partial charge in [0.15, 0.2) is 0 Å². The molecule has 0 atom stereocenters. The summed E-state index contributed by atoms with van der Waals surface area (Å²) in [6.07, 6.45) is 4.07. The lowest BCUT2D eigenvalue weighted by molar-refractivity contribution is 0.276. The number of rotatable bonds is 2. The Morgan fingerprint density at radius 1 is 1.43 bits per heavy atom. The van der Waals surface area contributed by atoms with E-state index in [0.29, 0.717) is 11.4 Å². The quantitative estimate of drug-likeness (QED) is 0.746. The van der Waals surface area contributed by atoms with Crippen LogP contribution >= 0.6 is 0 Å². The van der Waals surface area contributed by atoms with Crippen LogP contribution in [0.3, 0.4) is 0 Å². The smallest absolute Gasteiger partial charge is 0.143 e. The van der Waals surface area contributed by atoms with Gasteiger partial charge in [-0.15, -0.1) is 5.10 Å². The van der Waals surface area contributed by atoms with Crippen molar-refractivity contribution in [1.29, 1.82) is 0 Å². The highest BCUT2D eigenvalue weighted by atomic mass is 19.1. The topological polar surface area (TPSA) is 63.8 Å². The van der Waals surface area contributed by atoms with Gasteiger partial charge in [0, 0.05) is 6.07 Å². The van der Waals surface area contributed by atoms with Gasteiger partial charge in [0.25, 0.3) is 0 Å². The molecule has 2 heterocycles. The SMILES string of the molecule is OCc1cn(-c2cncc(F)c2)nn1. The maximum Gasteiger partial charge on any atom is 0.143 e. The third-order valence-corrected chi connectivity index (χ3v) is 1.66. The Morgan fingerprint density at radius 2 is 2.29 bits per heavy atom. The first-order valence-electron chi connectivity index (χ1n) is 3.92. The standard InChI is InChI=1S/C8H7FN4O/c9-6-1-8(3-10-2-6)13-4-7(5-14)11-12-13/h1-4,14H,5H2. The Labute approximate surface area is 78.8 Å². The molecule has 0 saturated carbocycles. The Morgan fingerprint density at radius 3 is 2.93 bits per heavy atom. The van der Waals surface area contributed by atoms with E-state index >= 15 is 0 Å². The van der Waals surface area contributed by atoms with Crippen LogP contribution in [-0.2, 0) is 6.61 Å². The first-order valence-corrected chi connectivity index (χ1v) is 3.92. The van der Waals surface area contributed by atoms with Crippen LogP contribution in [0.15, 0.2) is 24.7 Å². The molecule has 2 aromatic heterocycles. The first kappa shape index (κ1) is 8.76. The summed E-state index contributed by atoms with van der Waals surface area (Å²) in [5.74, 6) is -0.441. The van der Waals surface area contributed by atoms with Crippen molar-refractivity contribution in [2.45, 2.75) is 6.61 Å². The number of pyridine rings is 1. The molecule has 0 bridgehead atoms. The zero-order valence-corrected chi connectivity index (χ0v) is 7.13. The van der Waals surface area contributed by atoms with E-state index in [9.17, 15) is 4.39 Å². The van der Waals surface area contributed by atoms with Crippen molar-refractivity contribution < 1.29 is 9.50 Å². The highest BCUT2D eigenvalue weighted by molar-refractivity contribution is 5.26. The van der Waals surface area contributed by atoms with Crippen LogP contribution in [0.2, 0.25) is 0 Å². The minimum Gasteiger partial charge on any atom is -0.390 e. The van der Waals surface area contributed by atoms with Crippen molar-refractivity contribution in [3.8, 4) is 5.69 Å². The zero-order chi connectivity index (χ0) is 9.97. The van der Waals surface area contributed by atoms with Gasteiger partial charge in [0.1, 0.15) is 11.5 Å². The Balaban J connectivity index is 2.39. The zero-order valence-electron chi connectivity index (χ0n) is 7.13. The van der Waals surface area contributed by atoms with Gasteiger partial charge in [0.2, 0.25) is 0 Å². The summed E-state index contributed by atoms with van der Waals surface area (Å²) in [4.78, 5) is 3.67. The van der Waals surface area contributed by atoms with Crippen molar-refractivity contribution in [3.63, 3.8) is 0 Å². The van der Waals surface area contributed by atoms with Crippen molar-refractivity contribution in [1.82, 2.24) is 20.0 Å². The molecule has 2 rings (SSSR count). The molecule has 1 N–H and O–H groups in total. The largest absolute Gasteiger partial charge is 0.390 e. The third kappa shape index (κ3) is 1.60. The van der Waals surface area contributed by atoms with E-state index in [1.807, 2.05) is 0 Å². The van der Waals surface area contributed by atoms with Gasteiger partial charge < -0.3 is 5.11 Å². The van der Waals surface area contributed by atoms with E-state index in [-0.39, 0.29) is 6.61 Å². The van der Waals surface area contributed by atoms with E-state index in [1.165, 1.54) is 23.1 Å². The summed E-state index contributed by atoms with van der Waals surface area (Å²) < 4.78 is 14.1. The molecule has 6 heteroatoms. The van der Waals surface area contributed by atoms with Crippen LogP contribution in [-0.4, -0.2) is 25.1 Å². The molecule has 0 aromatic carbocycles. The van der Waals surface area contributed by atoms with Crippen molar-refractivity contribution in [3.05, 3.63) is 36.2 Å². The van der Waals surface area contributed by atoms with Gasteiger partial charge in [0.05, 0.1) is 30.9 Å². The van der Waals surface area contributed by atoms with Crippen LogP contribution in [0, 0.1) is 5.82 Å². The summed E-state index contributed by atoms with van der Waals surface area (Å²) >= 11 is 0. The van der Waals surface area contributed by atoms with E-state index in [0.717, 1.165) is 6.20 Å². The summed E-state index contributed by atoms with van der Waals surface area (Å²) in [6, 6.07) is 1.28. The van der Waals surface area contributed by atoms with E-state index in [1.54, 1.807) is 0 Å². The molecule has 0 fully saturated rings. The average molecular weight is 194 g/mol. The normalized spacial score (nSPS) is 10.4. The molecule has 0 aliphatic carbocycles. The minimum atomic E-state index is -0.441. The van der Waals surface area contributed by atoms with Crippen LogP contribution < -0.4 is 0 Å². The fourth-order valence-corrected chi connectivity index (χ4v) is 1.02. The minimum absolute atomic E-state index is 0.192. The molecule has 5 nitrogen and oxygen atoms in total. The number of aliphatic hydroxyl groups is 1. The second kappa shape index (κ2) is 3.51. The molecule has 0 aliphatic rings. The summed E-state index contributed by atoms with van der Waals surface area (Å²) in [6.45, 7) is -0.192. The highest BCUT2D eigenvalue weighted by Crippen LogP contribution is 2.06. The number of hydrogen-bond acceptors (Lipinski definition) is 4. The second-order valence-electron chi connectivity index (χ2n) is 2.67. The molecule has 0 amide bonds. The lowest BCUT2D eigenvalue weighted by Gasteiger charge is -1.97. The van der Waals surface area contributed by atoms with E-state index in [4.69, 9.17) is 5.11 Å². The molecule has 0 unspecified atom stereocenters. The molecular weight excluding hydrogens is 187 g/mol. The van der Waals surface area contributed by atoms with Crippen LogP contribution in [0.1, 0.15) is 5.69 Å². The molecule has 72 valence electrons. The summed E-state index contributed by atoms with van der Waals surface area (Å²) in [7, 11) is 0. The third-order valence-electron chi connectivity index (χ3n) is 1.66.